The Morgan fingerprint density at radius 3 is 2.44 bits per heavy atom. The van der Waals surface area contributed by atoms with Crippen LogP contribution in [-0.2, 0) is 0 Å². The normalized spacial score (nSPS) is 13.2. The molecule has 0 saturated carbocycles. The summed E-state index contributed by atoms with van der Waals surface area (Å²) in [6.45, 7) is 0. The van der Waals surface area contributed by atoms with Gasteiger partial charge in [0.05, 0.1) is 11.3 Å². The van der Waals surface area contributed by atoms with Gasteiger partial charge in [-0.1, -0.05) is 24.3 Å². The molecule has 1 aliphatic rings. The molecule has 18 heavy (non-hydrogen) atoms. The summed E-state index contributed by atoms with van der Waals surface area (Å²) >= 11 is 0. The minimum Gasteiger partial charge on any atom is -0.330 e. The van der Waals surface area contributed by atoms with Gasteiger partial charge >= 0.3 is 6.03 Å². The first-order chi connectivity index (χ1) is 8.61. The van der Waals surface area contributed by atoms with Crippen molar-refractivity contribution in [3.8, 4) is 0 Å². The standard InChI is InChI=1S/C14H12N2O2/c1-15(2)14(18)16-11-8-4-6-9-5-3-7-10(12(9)11)13(16)17/h3-8H,1-2H3. The third-order valence-corrected chi connectivity index (χ3v) is 3.13. The fourth-order valence-corrected chi connectivity index (χ4v) is 2.31. The SMILES string of the molecule is CN(C)C(=O)N1C(=O)c2cccc3cccc1c23. The van der Waals surface area contributed by atoms with Crippen molar-refractivity contribution in [3.63, 3.8) is 0 Å². The molecule has 1 aliphatic heterocycles. The first-order valence-corrected chi connectivity index (χ1v) is 5.69. The van der Waals surface area contributed by atoms with Crippen molar-refractivity contribution in [3.05, 3.63) is 42.0 Å². The van der Waals surface area contributed by atoms with Crippen LogP contribution in [0.5, 0.6) is 0 Å². The van der Waals surface area contributed by atoms with E-state index >= 15 is 0 Å². The number of anilines is 1. The second-order valence-electron chi connectivity index (χ2n) is 4.50. The van der Waals surface area contributed by atoms with Crippen molar-refractivity contribution in [1.82, 2.24) is 4.90 Å². The van der Waals surface area contributed by atoms with E-state index in [4.69, 9.17) is 0 Å². The lowest BCUT2D eigenvalue weighted by Gasteiger charge is -2.20. The van der Waals surface area contributed by atoms with Crippen molar-refractivity contribution < 1.29 is 9.59 Å². The van der Waals surface area contributed by atoms with Crippen LogP contribution in [0, 0.1) is 0 Å². The molecule has 2 aromatic carbocycles. The van der Waals surface area contributed by atoms with Gasteiger partial charge in [0.1, 0.15) is 0 Å². The molecule has 0 aromatic heterocycles. The Morgan fingerprint density at radius 2 is 1.78 bits per heavy atom. The number of carbonyl (C=O) groups is 2. The molecule has 0 aliphatic carbocycles. The second kappa shape index (κ2) is 3.57. The highest BCUT2D eigenvalue weighted by atomic mass is 16.2. The molecule has 3 amide bonds. The van der Waals surface area contributed by atoms with Crippen molar-refractivity contribution in [1.29, 1.82) is 0 Å². The van der Waals surface area contributed by atoms with E-state index in [0.717, 1.165) is 10.8 Å². The smallest absolute Gasteiger partial charge is 0.330 e. The summed E-state index contributed by atoms with van der Waals surface area (Å²) in [6, 6.07) is 10.8. The van der Waals surface area contributed by atoms with Crippen LogP contribution >= 0.6 is 0 Å². The monoisotopic (exact) mass is 240 g/mol. The predicted octanol–water partition coefficient (Wildman–Crippen LogP) is 2.48. The van der Waals surface area contributed by atoms with E-state index in [1.54, 1.807) is 26.2 Å². The number of nitrogens with zero attached hydrogens (tertiary/aromatic N) is 2. The number of imide groups is 1. The zero-order valence-corrected chi connectivity index (χ0v) is 10.2. The zero-order chi connectivity index (χ0) is 12.9. The van der Waals surface area contributed by atoms with E-state index < -0.39 is 0 Å². The lowest BCUT2D eigenvalue weighted by molar-refractivity contribution is 0.0995. The lowest BCUT2D eigenvalue weighted by Crippen LogP contribution is -2.41. The van der Waals surface area contributed by atoms with E-state index in [2.05, 4.69) is 0 Å². The van der Waals surface area contributed by atoms with Crippen LogP contribution < -0.4 is 4.90 Å². The third kappa shape index (κ3) is 1.26. The molecule has 90 valence electrons. The largest absolute Gasteiger partial charge is 0.331 e. The molecule has 4 heteroatoms. The maximum absolute atomic E-state index is 12.3. The number of rotatable bonds is 0. The summed E-state index contributed by atoms with van der Waals surface area (Å²) in [5.74, 6) is -0.250. The fraction of sp³-hybridized carbons (Fsp3) is 0.143. The van der Waals surface area contributed by atoms with E-state index in [-0.39, 0.29) is 11.9 Å². The summed E-state index contributed by atoms with van der Waals surface area (Å²) in [6.07, 6.45) is 0. The molecule has 1 heterocycles. The van der Waals surface area contributed by atoms with E-state index in [9.17, 15) is 9.59 Å². The molecule has 0 saturated heterocycles. The Labute approximate surface area is 104 Å². The molecule has 3 rings (SSSR count). The van der Waals surface area contributed by atoms with Gasteiger partial charge in [0, 0.05) is 19.5 Å². The number of urea groups is 1. The average molecular weight is 240 g/mol. The molecule has 0 spiro atoms. The van der Waals surface area contributed by atoms with Gasteiger partial charge in [-0.15, -0.1) is 0 Å². The van der Waals surface area contributed by atoms with Gasteiger partial charge < -0.3 is 4.90 Å². The molecular weight excluding hydrogens is 228 g/mol. The number of hydrogen-bond donors (Lipinski definition) is 0. The van der Waals surface area contributed by atoms with Crippen LogP contribution in [0.25, 0.3) is 10.8 Å². The maximum Gasteiger partial charge on any atom is 0.331 e. The quantitative estimate of drug-likeness (QED) is 0.709. The van der Waals surface area contributed by atoms with Gasteiger partial charge in [-0.25, -0.2) is 9.69 Å². The molecule has 2 aromatic rings. The van der Waals surface area contributed by atoms with Crippen LogP contribution in [0.3, 0.4) is 0 Å². The summed E-state index contributed by atoms with van der Waals surface area (Å²) in [4.78, 5) is 27.0. The summed E-state index contributed by atoms with van der Waals surface area (Å²) in [7, 11) is 3.28. The van der Waals surface area contributed by atoms with Crippen LogP contribution in [0.4, 0.5) is 10.5 Å². The molecule has 0 N–H and O–H groups in total. The van der Waals surface area contributed by atoms with E-state index in [1.165, 1.54) is 9.80 Å². The molecule has 4 nitrogen and oxygen atoms in total. The number of carbonyl (C=O) groups excluding carboxylic acids is 2. The predicted molar refractivity (Wildman–Crippen MR) is 69.8 cm³/mol. The summed E-state index contributed by atoms with van der Waals surface area (Å²) in [5, 5.41) is 1.84. The van der Waals surface area contributed by atoms with Crippen LogP contribution in [0.1, 0.15) is 10.4 Å². The molecule has 0 atom stereocenters. The first-order valence-electron chi connectivity index (χ1n) is 5.69. The Balaban J connectivity index is 2.29. The number of amides is 3. The van der Waals surface area contributed by atoms with Crippen LogP contribution in [-0.4, -0.2) is 30.9 Å². The van der Waals surface area contributed by atoms with Crippen molar-refractivity contribution in [2.24, 2.45) is 0 Å². The minimum absolute atomic E-state index is 0.250. The van der Waals surface area contributed by atoms with Gasteiger partial charge in [-0.2, -0.15) is 0 Å². The molecule has 0 fully saturated rings. The van der Waals surface area contributed by atoms with Crippen molar-refractivity contribution in [2.45, 2.75) is 0 Å². The minimum atomic E-state index is -0.316. The first kappa shape index (κ1) is 10.8. The Bertz CT molecular complexity index is 671. The average Bonchev–Trinajstić information content (AvgIpc) is 2.65. The van der Waals surface area contributed by atoms with E-state index in [0.29, 0.717) is 11.3 Å². The van der Waals surface area contributed by atoms with Gasteiger partial charge in [-0.3, -0.25) is 4.79 Å². The molecule has 0 radical (unpaired) electrons. The topological polar surface area (TPSA) is 40.6 Å². The van der Waals surface area contributed by atoms with Gasteiger partial charge in [-0.05, 0) is 17.5 Å². The number of benzene rings is 2. The van der Waals surface area contributed by atoms with Crippen LogP contribution in [0.15, 0.2) is 36.4 Å². The third-order valence-electron chi connectivity index (χ3n) is 3.13. The van der Waals surface area contributed by atoms with E-state index in [1.807, 2.05) is 24.3 Å². The Hall–Kier alpha value is -2.36. The van der Waals surface area contributed by atoms with Crippen LogP contribution in [0.2, 0.25) is 0 Å². The zero-order valence-electron chi connectivity index (χ0n) is 10.2. The molecule has 0 bridgehead atoms. The maximum atomic E-state index is 12.3. The van der Waals surface area contributed by atoms with Crippen molar-refractivity contribution in [2.75, 3.05) is 19.0 Å². The Morgan fingerprint density at radius 1 is 1.11 bits per heavy atom. The van der Waals surface area contributed by atoms with Gasteiger partial charge in [0.15, 0.2) is 0 Å². The summed E-state index contributed by atoms with van der Waals surface area (Å²) < 4.78 is 0. The Kier molecular flexibility index (Phi) is 2.13. The highest BCUT2D eigenvalue weighted by Gasteiger charge is 2.34. The second-order valence-corrected chi connectivity index (χ2v) is 4.50. The fourth-order valence-electron chi connectivity index (χ4n) is 2.31. The lowest BCUT2D eigenvalue weighted by atomic mass is 10.1. The highest BCUT2D eigenvalue weighted by Crippen LogP contribution is 2.37. The van der Waals surface area contributed by atoms with Gasteiger partial charge in [0.2, 0.25) is 0 Å². The van der Waals surface area contributed by atoms with Crippen molar-refractivity contribution >= 4 is 28.4 Å². The molecule has 0 unspecified atom stereocenters. The summed E-state index contributed by atoms with van der Waals surface area (Å²) in [5.41, 5.74) is 1.27. The highest BCUT2D eigenvalue weighted by molar-refractivity contribution is 6.33. The van der Waals surface area contributed by atoms with Gasteiger partial charge in [0.25, 0.3) is 5.91 Å². The molecular formula is C14H12N2O2. The number of hydrogen-bond acceptors (Lipinski definition) is 2.